The number of amides is 1. The maximum Gasteiger partial charge on any atom is 0.237 e. The Morgan fingerprint density at radius 1 is 1.46 bits per heavy atom. The first kappa shape index (κ1) is 12.4. The topological polar surface area (TPSA) is 55.1 Å². The SMILES string of the molecule is CCCCC(N)C(=O)NC(C)CC. The average Bonchev–Trinajstić information content (AvgIpc) is 2.13. The van der Waals surface area contributed by atoms with E-state index in [9.17, 15) is 4.79 Å². The van der Waals surface area contributed by atoms with Crippen LogP contribution in [0, 0.1) is 0 Å². The Bertz CT molecular complexity index is 148. The number of carbonyl (C=O) groups excluding carboxylic acids is 1. The zero-order valence-electron chi connectivity index (χ0n) is 8.97. The number of nitrogens with one attached hydrogen (secondary N) is 1. The third kappa shape index (κ3) is 5.64. The van der Waals surface area contributed by atoms with Crippen LogP contribution in [0.3, 0.4) is 0 Å². The largest absolute Gasteiger partial charge is 0.352 e. The number of nitrogens with two attached hydrogens (primary N) is 1. The monoisotopic (exact) mass is 186 g/mol. The highest BCUT2D eigenvalue weighted by atomic mass is 16.2. The summed E-state index contributed by atoms with van der Waals surface area (Å²) in [5, 5.41) is 2.87. The quantitative estimate of drug-likeness (QED) is 0.659. The molecule has 0 saturated carbocycles. The van der Waals surface area contributed by atoms with Crippen molar-refractivity contribution >= 4 is 5.91 Å². The molecule has 0 radical (unpaired) electrons. The van der Waals surface area contributed by atoms with Crippen LogP contribution >= 0.6 is 0 Å². The molecule has 2 unspecified atom stereocenters. The Kier molecular flexibility index (Phi) is 6.59. The third-order valence-electron chi connectivity index (χ3n) is 2.21. The zero-order valence-corrected chi connectivity index (χ0v) is 8.97. The Morgan fingerprint density at radius 2 is 2.08 bits per heavy atom. The summed E-state index contributed by atoms with van der Waals surface area (Å²) < 4.78 is 0. The van der Waals surface area contributed by atoms with Gasteiger partial charge in [0.1, 0.15) is 0 Å². The fraction of sp³-hybridized carbons (Fsp3) is 0.900. The molecule has 13 heavy (non-hydrogen) atoms. The van der Waals surface area contributed by atoms with Crippen molar-refractivity contribution < 1.29 is 4.79 Å². The maximum atomic E-state index is 11.4. The third-order valence-corrected chi connectivity index (χ3v) is 2.21. The standard InChI is InChI=1S/C10H22N2O/c1-4-6-7-9(11)10(13)12-8(3)5-2/h8-9H,4-7,11H2,1-3H3,(H,12,13). The Balaban J connectivity index is 3.68. The molecule has 2 atom stereocenters. The van der Waals surface area contributed by atoms with Crippen molar-refractivity contribution in [3.05, 3.63) is 0 Å². The highest BCUT2D eigenvalue weighted by Gasteiger charge is 2.13. The molecule has 0 fully saturated rings. The van der Waals surface area contributed by atoms with Gasteiger partial charge < -0.3 is 11.1 Å². The first-order chi connectivity index (χ1) is 6.11. The van der Waals surface area contributed by atoms with Crippen LogP contribution in [0.4, 0.5) is 0 Å². The molecule has 0 aliphatic rings. The molecule has 0 aromatic heterocycles. The fourth-order valence-electron chi connectivity index (χ4n) is 1.01. The molecule has 3 nitrogen and oxygen atoms in total. The minimum atomic E-state index is -0.325. The van der Waals surface area contributed by atoms with Crippen LogP contribution in [0.15, 0.2) is 0 Å². The van der Waals surface area contributed by atoms with Gasteiger partial charge in [0, 0.05) is 6.04 Å². The number of rotatable bonds is 6. The van der Waals surface area contributed by atoms with Crippen LogP contribution in [0.25, 0.3) is 0 Å². The maximum absolute atomic E-state index is 11.4. The van der Waals surface area contributed by atoms with Crippen molar-refractivity contribution in [2.75, 3.05) is 0 Å². The molecule has 1 amide bonds. The Labute approximate surface area is 81.1 Å². The van der Waals surface area contributed by atoms with Gasteiger partial charge in [-0.3, -0.25) is 4.79 Å². The second-order valence-electron chi connectivity index (χ2n) is 3.57. The van der Waals surface area contributed by atoms with Crippen LogP contribution in [0.5, 0.6) is 0 Å². The molecule has 78 valence electrons. The van der Waals surface area contributed by atoms with Crippen molar-refractivity contribution in [1.29, 1.82) is 0 Å². The van der Waals surface area contributed by atoms with Crippen molar-refractivity contribution in [3.8, 4) is 0 Å². The van der Waals surface area contributed by atoms with Gasteiger partial charge in [-0.05, 0) is 19.8 Å². The number of carbonyl (C=O) groups is 1. The van der Waals surface area contributed by atoms with Crippen LogP contribution in [-0.4, -0.2) is 18.0 Å². The van der Waals surface area contributed by atoms with Gasteiger partial charge in [-0.1, -0.05) is 26.7 Å². The summed E-state index contributed by atoms with van der Waals surface area (Å²) in [5.74, 6) is -0.0113. The van der Waals surface area contributed by atoms with Crippen molar-refractivity contribution in [1.82, 2.24) is 5.32 Å². The molecule has 0 aromatic carbocycles. The van der Waals surface area contributed by atoms with Gasteiger partial charge in [-0.15, -0.1) is 0 Å². The lowest BCUT2D eigenvalue weighted by Crippen LogP contribution is -2.44. The van der Waals surface area contributed by atoms with Crippen molar-refractivity contribution in [3.63, 3.8) is 0 Å². The fourth-order valence-corrected chi connectivity index (χ4v) is 1.01. The van der Waals surface area contributed by atoms with Crippen molar-refractivity contribution in [2.24, 2.45) is 5.73 Å². The van der Waals surface area contributed by atoms with E-state index < -0.39 is 0 Å². The van der Waals surface area contributed by atoms with Crippen LogP contribution in [0.2, 0.25) is 0 Å². The van der Waals surface area contributed by atoms with Gasteiger partial charge >= 0.3 is 0 Å². The summed E-state index contributed by atoms with van der Waals surface area (Å²) in [5.41, 5.74) is 5.69. The van der Waals surface area contributed by atoms with E-state index in [1.165, 1.54) is 0 Å². The smallest absolute Gasteiger partial charge is 0.237 e. The molecule has 0 aliphatic carbocycles. The highest BCUT2D eigenvalue weighted by molar-refractivity contribution is 5.81. The zero-order chi connectivity index (χ0) is 10.3. The highest BCUT2D eigenvalue weighted by Crippen LogP contribution is 1.99. The molecular weight excluding hydrogens is 164 g/mol. The molecular formula is C10H22N2O. The predicted octanol–water partition coefficient (Wildman–Crippen LogP) is 1.42. The second-order valence-corrected chi connectivity index (χ2v) is 3.57. The normalized spacial score (nSPS) is 15.1. The average molecular weight is 186 g/mol. The van der Waals surface area contributed by atoms with Crippen LogP contribution in [0.1, 0.15) is 46.5 Å². The summed E-state index contributed by atoms with van der Waals surface area (Å²) in [6, 6.07) is -0.0888. The molecule has 0 aliphatic heterocycles. The van der Waals surface area contributed by atoms with Gasteiger partial charge in [0.25, 0.3) is 0 Å². The summed E-state index contributed by atoms with van der Waals surface area (Å²) in [7, 11) is 0. The van der Waals surface area contributed by atoms with Crippen molar-refractivity contribution in [2.45, 2.75) is 58.5 Å². The minimum Gasteiger partial charge on any atom is -0.352 e. The molecule has 3 N–H and O–H groups in total. The van der Waals surface area contributed by atoms with E-state index in [4.69, 9.17) is 5.73 Å². The lowest BCUT2D eigenvalue weighted by atomic mass is 10.1. The Morgan fingerprint density at radius 3 is 2.54 bits per heavy atom. The van der Waals surface area contributed by atoms with Gasteiger partial charge in [-0.25, -0.2) is 0 Å². The molecule has 0 bridgehead atoms. The minimum absolute atomic E-state index is 0.0113. The van der Waals surface area contributed by atoms with Gasteiger partial charge in [0.05, 0.1) is 6.04 Å². The summed E-state index contributed by atoms with van der Waals surface area (Å²) in [6.45, 7) is 6.13. The lowest BCUT2D eigenvalue weighted by molar-refractivity contribution is -0.123. The van der Waals surface area contributed by atoms with E-state index in [-0.39, 0.29) is 18.0 Å². The van der Waals surface area contributed by atoms with E-state index in [1.807, 2.05) is 13.8 Å². The molecule has 0 aromatic rings. The number of hydrogen-bond acceptors (Lipinski definition) is 2. The Hall–Kier alpha value is -0.570. The molecule has 0 heterocycles. The van der Waals surface area contributed by atoms with E-state index in [0.717, 1.165) is 25.7 Å². The van der Waals surface area contributed by atoms with Crippen LogP contribution in [-0.2, 0) is 4.79 Å². The summed E-state index contributed by atoms with van der Waals surface area (Å²) >= 11 is 0. The van der Waals surface area contributed by atoms with Gasteiger partial charge in [0.15, 0.2) is 0 Å². The van der Waals surface area contributed by atoms with Gasteiger partial charge in [-0.2, -0.15) is 0 Å². The number of hydrogen-bond donors (Lipinski definition) is 2. The first-order valence-corrected chi connectivity index (χ1v) is 5.17. The molecule has 0 spiro atoms. The lowest BCUT2D eigenvalue weighted by Gasteiger charge is -2.15. The summed E-state index contributed by atoms with van der Waals surface area (Å²) in [4.78, 5) is 11.4. The predicted molar refractivity (Wildman–Crippen MR) is 55.4 cm³/mol. The van der Waals surface area contributed by atoms with Gasteiger partial charge in [0.2, 0.25) is 5.91 Å². The first-order valence-electron chi connectivity index (χ1n) is 5.17. The molecule has 0 saturated heterocycles. The summed E-state index contributed by atoms with van der Waals surface area (Å²) in [6.07, 6.45) is 3.85. The number of unbranched alkanes of at least 4 members (excludes halogenated alkanes) is 1. The van der Waals surface area contributed by atoms with E-state index in [1.54, 1.807) is 0 Å². The molecule has 0 rings (SSSR count). The van der Waals surface area contributed by atoms with Crippen LogP contribution < -0.4 is 11.1 Å². The van der Waals surface area contributed by atoms with E-state index in [0.29, 0.717) is 0 Å². The second kappa shape index (κ2) is 6.89. The van der Waals surface area contributed by atoms with E-state index >= 15 is 0 Å². The molecule has 3 heteroatoms. The van der Waals surface area contributed by atoms with E-state index in [2.05, 4.69) is 12.2 Å².